The van der Waals surface area contributed by atoms with Gasteiger partial charge in [-0.1, -0.05) is 30.3 Å². The van der Waals surface area contributed by atoms with Crippen molar-refractivity contribution in [3.8, 4) is 0 Å². The van der Waals surface area contributed by atoms with E-state index in [2.05, 4.69) is 35.4 Å². The Morgan fingerprint density at radius 2 is 2.00 bits per heavy atom. The highest BCUT2D eigenvalue weighted by Crippen LogP contribution is 2.08. The third-order valence-corrected chi connectivity index (χ3v) is 3.12. The van der Waals surface area contributed by atoms with Gasteiger partial charge in [0.2, 0.25) is 0 Å². The molecule has 2 aromatic rings. The molecule has 3 heteroatoms. The topological polar surface area (TPSA) is 43.8 Å². The van der Waals surface area contributed by atoms with Crippen molar-refractivity contribution in [3.05, 3.63) is 53.9 Å². The molecule has 1 unspecified atom stereocenters. The van der Waals surface area contributed by atoms with Crippen LogP contribution in [0.25, 0.3) is 0 Å². The highest BCUT2D eigenvalue weighted by molar-refractivity contribution is 5.14. The van der Waals surface area contributed by atoms with Gasteiger partial charge in [-0.3, -0.25) is 4.68 Å². The highest BCUT2D eigenvalue weighted by Gasteiger charge is 2.06. The fourth-order valence-corrected chi connectivity index (χ4v) is 2.16. The lowest BCUT2D eigenvalue weighted by Gasteiger charge is -2.09. The van der Waals surface area contributed by atoms with E-state index in [0.29, 0.717) is 0 Å². The SMILES string of the molecule is Cn1ccc(CC(N)CCCc2ccccc2)n1. The molecule has 2 rings (SSSR count). The monoisotopic (exact) mass is 243 g/mol. The maximum atomic E-state index is 6.13. The zero-order valence-corrected chi connectivity index (χ0v) is 10.9. The second kappa shape index (κ2) is 6.36. The summed E-state index contributed by atoms with van der Waals surface area (Å²) in [5.41, 5.74) is 8.61. The number of nitrogens with two attached hydrogens (primary N) is 1. The molecule has 0 amide bonds. The minimum atomic E-state index is 0.212. The summed E-state index contributed by atoms with van der Waals surface area (Å²) in [6.45, 7) is 0. The summed E-state index contributed by atoms with van der Waals surface area (Å²) in [7, 11) is 1.93. The van der Waals surface area contributed by atoms with Gasteiger partial charge in [0, 0.05) is 25.7 Å². The van der Waals surface area contributed by atoms with Crippen LogP contribution in [0.1, 0.15) is 24.1 Å². The number of nitrogens with zero attached hydrogens (tertiary/aromatic N) is 2. The summed E-state index contributed by atoms with van der Waals surface area (Å²) in [4.78, 5) is 0. The zero-order valence-electron chi connectivity index (χ0n) is 10.9. The molecule has 0 saturated heterocycles. The van der Waals surface area contributed by atoms with Crippen LogP contribution in [-0.2, 0) is 19.9 Å². The lowest BCUT2D eigenvalue weighted by Crippen LogP contribution is -2.23. The van der Waals surface area contributed by atoms with Gasteiger partial charge in [-0.15, -0.1) is 0 Å². The van der Waals surface area contributed by atoms with Crippen LogP contribution < -0.4 is 5.73 Å². The largest absolute Gasteiger partial charge is 0.327 e. The normalized spacial score (nSPS) is 12.6. The standard InChI is InChI=1S/C15H21N3/c1-18-11-10-15(17-18)12-14(16)9-5-8-13-6-3-2-4-7-13/h2-4,6-7,10-11,14H,5,8-9,12,16H2,1H3. The van der Waals surface area contributed by atoms with E-state index in [4.69, 9.17) is 5.73 Å². The quantitative estimate of drug-likeness (QED) is 0.846. The Bertz CT molecular complexity index is 462. The van der Waals surface area contributed by atoms with E-state index in [-0.39, 0.29) is 6.04 Å². The molecule has 0 spiro atoms. The maximum Gasteiger partial charge on any atom is 0.0639 e. The molecule has 0 fully saturated rings. The van der Waals surface area contributed by atoms with E-state index in [1.807, 2.05) is 24.0 Å². The summed E-state index contributed by atoms with van der Waals surface area (Å²) in [5, 5.41) is 4.35. The summed E-state index contributed by atoms with van der Waals surface area (Å²) in [6.07, 6.45) is 6.13. The van der Waals surface area contributed by atoms with Gasteiger partial charge in [0.05, 0.1) is 5.69 Å². The van der Waals surface area contributed by atoms with Crippen molar-refractivity contribution >= 4 is 0 Å². The second-order valence-electron chi connectivity index (χ2n) is 4.82. The molecule has 1 aromatic carbocycles. The third-order valence-electron chi connectivity index (χ3n) is 3.12. The van der Waals surface area contributed by atoms with Crippen LogP contribution in [0, 0.1) is 0 Å². The van der Waals surface area contributed by atoms with Gasteiger partial charge >= 0.3 is 0 Å². The first-order chi connectivity index (χ1) is 8.74. The fraction of sp³-hybridized carbons (Fsp3) is 0.400. The van der Waals surface area contributed by atoms with Crippen molar-refractivity contribution in [2.24, 2.45) is 12.8 Å². The number of hydrogen-bond acceptors (Lipinski definition) is 2. The van der Waals surface area contributed by atoms with E-state index in [1.165, 1.54) is 5.56 Å². The van der Waals surface area contributed by atoms with Crippen LogP contribution in [0.2, 0.25) is 0 Å². The van der Waals surface area contributed by atoms with Crippen molar-refractivity contribution < 1.29 is 0 Å². The van der Waals surface area contributed by atoms with Gasteiger partial charge in [0.15, 0.2) is 0 Å². The second-order valence-corrected chi connectivity index (χ2v) is 4.82. The van der Waals surface area contributed by atoms with E-state index < -0.39 is 0 Å². The van der Waals surface area contributed by atoms with Crippen LogP contribution >= 0.6 is 0 Å². The van der Waals surface area contributed by atoms with Crippen molar-refractivity contribution in [2.45, 2.75) is 31.7 Å². The predicted octanol–water partition coefficient (Wildman–Crippen LogP) is 2.31. The Labute approximate surface area is 109 Å². The summed E-state index contributed by atoms with van der Waals surface area (Å²) < 4.78 is 1.83. The molecule has 0 aliphatic heterocycles. The molecule has 1 heterocycles. The molecule has 2 N–H and O–H groups in total. The molecule has 96 valence electrons. The van der Waals surface area contributed by atoms with Crippen LogP contribution in [0.4, 0.5) is 0 Å². The minimum absolute atomic E-state index is 0.212. The Morgan fingerprint density at radius 1 is 1.22 bits per heavy atom. The van der Waals surface area contributed by atoms with E-state index in [0.717, 1.165) is 31.4 Å². The predicted molar refractivity (Wildman–Crippen MR) is 74.3 cm³/mol. The van der Waals surface area contributed by atoms with Gasteiger partial charge in [-0.25, -0.2) is 0 Å². The Hall–Kier alpha value is -1.61. The van der Waals surface area contributed by atoms with Crippen LogP contribution in [0.5, 0.6) is 0 Å². The molecular formula is C15H21N3. The van der Waals surface area contributed by atoms with E-state index >= 15 is 0 Å². The third kappa shape index (κ3) is 4.00. The number of benzene rings is 1. The lowest BCUT2D eigenvalue weighted by atomic mass is 10.0. The van der Waals surface area contributed by atoms with Crippen LogP contribution in [-0.4, -0.2) is 15.8 Å². The molecule has 0 aliphatic carbocycles. The van der Waals surface area contributed by atoms with Crippen molar-refractivity contribution in [3.63, 3.8) is 0 Å². The first-order valence-corrected chi connectivity index (χ1v) is 6.52. The van der Waals surface area contributed by atoms with Gasteiger partial charge < -0.3 is 5.73 Å². The lowest BCUT2D eigenvalue weighted by molar-refractivity contribution is 0.569. The zero-order chi connectivity index (χ0) is 12.8. The molecule has 1 atom stereocenters. The average molecular weight is 243 g/mol. The van der Waals surface area contributed by atoms with Crippen LogP contribution in [0.15, 0.2) is 42.6 Å². The first kappa shape index (κ1) is 12.8. The molecule has 0 saturated carbocycles. The summed E-state index contributed by atoms with van der Waals surface area (Å²) >= 11 is 0. The maximum absolute atomic E-state index is 6.13. The fourth-order valence-electron chi connectivity index (χ4n) is 2.16. The average Bonchev–Trinajstić information content (AvgIpc) is 2.76. The van der Waals surface area contributed by atoms with Gasteiger partial charge in [-0.2, -0.15) is 5.10 Å². The first-order valence-electron chi connectivity index (χ1n) is 6.52. The highest BCUT2D eigenvalue weighted by atomic mass is 15.2. The molecule has 0 radical (unpaired) electrons. The summed E-state index contributed by atoms with van der Waals surface area (Å²) in [6, 6.07) is 12.8. The van der Waals surface area contributed by atoms with Crippen LogP contribution in [0.3, 0.4) is 0 Å². The molecular weight excluding hydrogens is 222 g/mol. The summed E-state index contributed by atoms with van der Waals surface area (Å²) in [5.74, 6) is 0. The number of hydrogen-bond donors (Lipinski definition) is 1. The smallest absolute Gasteiger partial charge is 0.0639 e. The molecule has 0 aliphatic rings. The van der Waals surface area contributed by atoms with Crippen molar-refractivity contribution in [2.75, 3.05) is 0 Å². The van der Waals surface area contributed by atoms with Gasteiger partial charge in [0.25, 0.3) is 0 Å². The van der Waals surface area contributed by atoms with E-state index in [9.17, 15) is 0 Å². The number of aryl methyl sites for hydroxylation is 2. The van der Waals surface area contributed by atoms with Crippen molar-refractivity contribution in [1.29, 1.82) is 0 Å². The Kier molecular flexibility index (Phi) is 4.53. The molecule has 18 heavy (non-hydrogen) atoms. The van der Waals surface area contributed by atoms with Crippen molar-refractivity contribution in [1.82, 2.24) is 9.78 Å². The van der Waals surface area contributed by atoms with Gasteiger partial charge in [-0.05, 0) is 30.9 Å². The van der Waals surface area contributed by atoms with E-state index in [1.54, 1.807) is 0 Å². The Morgan fingerprint density at radius 3 is 2.67 bits per heavy atom. The molecule has 3 nitrogen and oxygen atoms in total. The molecule has 1 aromatic heterocycles. The minimum Gasteiger partial charge on any atom is -0.327 e. The number of aromatic nitrogens is 2. The molecule has 0 bridgehead atoms. The Balaban J connectivity index is 1.70. The van der Waals surface area contributed by atoms with Gasteiger partial charge in [0.1, 0.15) is 0 Å². The number of rotatable bonds is 6.